The quantitative estimate of drug-likeness (QED) is 0.442. The van der Waals surface area contributed by atoms with Gasteiger partial charge >= 0.3 is 0 Å². The minimum Gasteiger partial charge on any atom is -0.369 e. The van der Waals surface area contributed by atoms with Crippen LogP contribution in [0, 0.1) is 23.7 Å². The van der Waals surface area contributed by atoms with Crippen LogP contribution in [0.15, 0.2) is 24.3 Å². The predicted molar refractivity (Wildman–Crippen MR) is 151 cm³/mol. The lowest BCUT2D eigenvalue weighted by Crippen LogP contribution is -2.58. The minimum absolute atomic E-state index is 0.0202. The molecular formula is C27H44N4O5S2. The highest BCUT2D eigenvalue weighted by molar-refractivity contribution is 7.90. The lowest BCUT2D eigenvalue weighted by Gasteiger charge is -2.44. The van der Waals surface area contributed by atoms with Crippen LogP contribution in [0.3, 0.4) is 0 Å². The van der Waals surface area contributed by atoms with Crippen molar-refractivity contribution in [3.63, 3.8) is 0 Å². The van der Waals surface area contributed by atoms with Gasteiger partial charge in [0.2, 0.25) is 15.9 Å². The maximum absolute atomic E-state index is 13.9. The number of hydrogen-bond acceptors (Lipinski definition) is 7. The predicted octanol–water partition coefficient (Wildman–Crippen LogP) is 1.78. The van der Waals surface area contributed by atoms with Crippen LogP contribution in [0.2, 0.25) is 0 Å². The number of rotatable bonds is 10. The zero-order valence-corrected chi connectivity index (χ0v) is 25.0. The van der Waals surface area contributed by atoms with Crippen molar-refractivity contribution in [1.82, 2.24) is 14.9 Å². The Hall–Kier alpha value is -1.69. The van der Waals surface area contributed by atoms with Gasteiger partial charge in [-0.15, -0.1) is 0 Å². The molecule has 1 aromatic carbocycles. The molecule has 2 bridgehead atoms. The van der Waals surface area contributed by atoms with E-state index in [1.54, 1.807) is 11.4 Å². The van der Waals surface area contributed by atoms with E-state index in [0.29, 0.717) is 32.1 Å². The molecule has 0 spiro atoms. The summed E-state index contributed by atoms with van der Waals surface area (Å²) < 4.78 is 52.7. The second-order valence-electron chi connectivity index (χ2n) is 12.1. The molecule has 1 unspecified atom stereocenters. The Bertz CT molecular complexity index is 1240. The molecule has 2 aliphatic carbocycles. The van der Waals surface area contributed by atoms with Gasteiger partial charge in [0.05, 0.1) is 17.5 Å². The van der Waals surface area contributed by atoms with Gasteiger partial charge < -0.3 is 15.5 Å². The molecule has 11 heteroatoms. The fraction of sp³-hybridized carbons (Fsp3) is 0.741. The van der Waals surface area contributed by atoms with Gasteiger partial charge in [0.15, 0.2) is 0 Å². The summed E-state index contributed by atoms with van der Waals surface area (Å²) >= 11 is 0. The highest BCUT2D eigenvalue weighted by atomic mass is 32.2. The summed E-state index contributed by atoms with van der Waals surface area (Å²) in [6.45, 7) is 8.57. The van der Waals surface area contributed by atoms with Crippen LogP contribution >= 0.6 is 0 Å². The zero-order chi connectivity index (χ0) is 27.9. The normalized spacial score (nSPS) is 28.4. The molecule has 4 atom stereocenters. The number of nitrogens with zero attached hydrogens (tertiary/aromatic N) is 2. The number of carbonyl (C=O) groups excluding carboxylic acids is 1. The van der Waals surface area contributed by atoms with E-state index in [0.717, 1.165) is 31.2 Å². The topological polar surface area (TPSA) is 116 Å². The smallest absolute Gasteiger partial charge is 0.237 e. The first kappa shape index (κ1) is 29.3. The van der Waals surface area contributed by atoms with Crippen LogP contribution < -0.4 is 15.5 Å². The largest absolute Gasteiger partial charge is 0.369 e. The molecule has 0 radical (unpaired) electrons. The molecule has 3 fully saturated rings. The van der Waals surface area contributed by atoms with Crippen molar-refractivity contribution in [2.45, 2.75) is 58.5 Å². The lowest BCUT2D eigenvalue weighted by atomic mass is 9.69. The van der Waals surface area contributed by atoms with Gasteiger partial charge in [-0.05, 0) is 62.6 Å². The summed E-state index contributed by atoms with van der Waals surface area (Å²) in [4.78, 5) is 15.5. The first-order chi connectivity index (χ1) is 17.7. The third-order valence-electron chi connectivity index (χ3n) is 9.72. The van der Waals surface area contributed by atoms with E-state index >= 15 is 0 Å². The third-order valence-corrected chi connectivity index (χ3v) is 12.7. The van der Waals surface area contributed by atoms with Crippen molar-refractivity contribution in [3.05, 3.63) is 29.8 Å². The number of para-hydroxylation sites is 1. The van der Waals surface area contributed by atoms with Crippen molar-refractivity contribution >= 4 is 31.5 Å². The monoisotopic (exact) mass is 568 g/mol. The minimum atomic E-state index is -3.56. The third kappa shape index (κ3) is 5.62. The Morgan fingerprint density at radius 3 is 2.34 bits per heavy atom. The molecule has 9 nitrogen and oxygen atoms in total. The van der Waals surface area contributed by atoms with E-state index in [2.05, 4.69) is 48.4 Å². The van der Waals surface area contributed by atoms with Crippen molar-refractivity contribution in [1.29, 1.82) is 0 Å². The Morgan fingerprint density at radius 2 is 1.76 bits per heavy atom. The standard InChI is InChI=1S/C27H44N4O5S2/c1-20-8-6-7-9-23(20)30-13-15-31(16-14-30)38(35,36)19-27-12-10-21(26(27,2)3)18-24(27)29-25(32)22(28-4)11-17-37(5,33)34/h6-9,21-22,24,28H,10-19H2,1-5H3,(H,29,32)/t21-,22+,24?,27-/m1/s1. The molecule has 2 saturated carbocycles. The molecule has 2 N–H and O–H groups in total. The van der Waals surface area contributed by atoms with E-state index in [9.17, 15) is 21.6 Å². The molecule has 1 amide bonds. The summed E-state index contributed by atoms with van der Waals surface area (Å²) in [7, 11) is -5.11. The van der Waals surface area contributed by atoms with Gasteiger partial charge in [-0.3, -0.25) is 4.79 Å². The molecule has 214 valence electrons. The van der Waals surface area contributed by atoms with Crippen LogP contribution in [0.1, 0.15) is 45.1 Å². The summed E-state index contributed by atoms with van der Waals surface area (Å²) in [5.74, 6) is 0.0172. The number of fused-ring (bicyclic) bond motifs is 2. The molecule has 38 heavy (non-hydrogen) atoms. The van der Waals surface area contributed by atoms with Crippen LogP contribution in [-0.4, -0.2) is 90.1 Å². The number of anilines is 1. The van der Waals surface area contributed by atoms with Gasteiger partial charge in [-0.25, -0.2) is 16.8 Å². The lowest BCUT2D eigenvalue weighted by molar-refractivity contribution is -0.124. The Labute approximate surface area is 228 Å². The number of benzene rings is 1. The summed E-state index contributed by atoms with van der Waals surface area (Å²) in [5, 5.41) is 6.11. The SMILES string of the molecule is CN[C@@H](CCS(C)(=O)=O)C(=O)NC1C[C@H]2CC[C@]1(CS(=O)(=O)N1CCN(c3ccccc3C)CC1)C2(C)C. The van der Waals surface area contributed by atoms with Gasteiger partial charge in [0, 0.05) is 49.6 Å². The molecule has 1 saturated heterocycles. The highest BCUT2D eigenvalue weighted by Crippen LogP contribution is 2.66. The summed E-state index contributed by atoms with van der Waals surface area (Å²) in [5.41, 5.74) is 1.54. The summed E-state index contributed by atoms with van der Waals surface area (Å²) in [6, 6.07) is 7.27. The highest BCUT2D eigenvalue weighted by Gasteiger charge is 2.66. The number of likely N-dealkylation sites (N-methyl/N-ethyl adjacent to an activating group) is 1. The molecule has 0 aromatic heterocycles. The van der Waals surface area contributed by atoms with E-state index in [1.807, 2.05) is 12.1 Å². The fourth-order valence-electron chi connectivity index (χ4n) is 7.18. The van der Waals surface area contributed by atoms with Crippen molar-refractivity contribution in [2.75, 3.05) is 55.9 Å². The van der Waals surface area contributed by atoms with Crippen LogP contribution in [-0.2, 0) is 24.7 Å². The molecular weight excluding hydrogens is 524 g/mol. The average molecular weight is 569 g/mol. The molecule has 1 aliphatic heterocycles. The molecule has 4 rings (SSSR count). The number of piperazine rings is 1. The number of carbonyl (C=O) groups is 1. The van der Waals surface area contributed by atoms with E-state index in [-0.39, 0.29) is 35.3 Å². The molecule has 1 heterocycles. The number of aryl methyl sites for hydroxylation is 1. The van der Waals surface area contributed by atoms with Crippen LogP contribution in [0.5, 0.6) is 0 Å². The molecule has 3 aliphatic rings. The number of sulfonamides is 1. The second-order valence-corrected chi connectivity index (χ2v) is 16.3. The number of nitrogens with one attached hydrogen (secondary N) is 2. The molecule has 1 aromatic rings. The number of hydrogen-bond donors (Lipinski definition) is 2. The maximum atomic E-state index is 13.9. The van der Waals surface area contributed by atoms with Crippen molar-refractivity contribution < 1.29 is 21.6 Å². The van der Waals surface area contributed by atoms with E-state index < -0.39 is 31.3 Å². The first-order valence-corrected chi connectivity index (χ1v) is 17.3. The van der Waals surface area contributed by atoms with Gasteiger partial charge in [-0.1, -0.05) is 32.0 Å². The zero-order valence-electron chi connectivity index (χ0n) is 23.4. The second kappa shape index (κ2) is 10.7. The fourth-order valence-corrected chi connectivity index (χ4v) is 10.1. The van der Waals surface area contributed by atoms with Gasteiger partial charge in [-0.2, -0.15) is 4.31 Å². The van der Waals surface area contributed by atoms with Crippen molar-refractivity contribution in [2.24, 2.45) is 16.7 Å². The van der Waals surface area contributed by atoms with Gasteiger partial charge in [0.1, 0.15) is 9.84 Å². The van der Waals surface area contributed by atoms with Crippen LogP contribution in [0.4, 0.5) is 5.69 Å². The number of amides is 1. The average Bonchev–Trinajstić information content (AvgIpc) is 3.19. The van der Waals surface area contributed by atoms with Crippen molar-refractivity contribution in [3.8, 4) is 0 Å². The van der Waals surface area contributed by atoms with Crippen LogP contribution in [0.25, 0.3) is 0 Å². The Kier molecular flexibility index (Phi) is 8.25. The van der Waals surface area contributed by atoms with E-state index in [1.165, 1.54) is 5.56 Å². The Morgan fingerprint density at radius 1 is 1.11 bits per heavy atom. The van der Waals surface area contributed by atoms with E-state index in [4.69, 9.17) is 0 Å². The Balaban J connectivity index is 1.48. The number of sulfone groups is 1. The maximum Gasteiger partial charge on any atom is 0.237 e. The van der Waals surface area contributed by atoms with Gasteiger partial charge in [0.25, 0.3) is 0 Å². The first-order valence-electron chi connectivity index (χ1n) is 13.6. The summed E-state index contributed by atoms with van der Waals surface area (Å²) in [6.07, 6.45) is 3.80.